The summed E-state index contributed by atoms with van der Waals surface area (Å²) in [5.74, 6) is 0.574. The van der Waals surface area contributed by atoms with E-state index in [1.807, 2.05) is 6.07 Å². The van der Waals surface area contributed by atoms with Gasteiger partial charge in [-0.05, 0) is 12.1 Å². The zero-order valence-electron chi connectivity index (χ0n) is 7.53. The Kier molecular flexibility index (Phi) is 2.02. The van der Waals surface area contributed by atoms with Crippen LogP contribution in [0.1, 0.15) is 23.6 Å². The second-order valence-corrected chi connectivity index (χ2v) is 3.23. The van der Waals surface area contributed by atoms with Crippen LogP contribution in [0.5, 0.6) is 11.5 Å². The predicted molar refractivity (Wildman–Crippen MR) is 49.9 cm³/mol. The molecular formula is C10H10N2O2. The van der Waals surface area contributed by atoms with Crippen LogP contribution in [0.4, 0.5) is 0 Å². The highest BCUT2D eigenvalue weighted by atomic mass is 16.5. The molecule has 1 aromatic rings. The first-order valence-electron chi connectivity index (χ1n) is 4.38. The van der Waals surface area contributed by atoms with Gasteiger partial charge in [-0.3, -0.25) is 0 Å². The van der Waals surface area contributed by atoms with Crippen molar-refractivity contribution in [2.24, 2.45) is 5.73 Å². The number of nitrogens with zero attached hydrogens (tertiary/aromatic N) is 1. The Morgan fingerprint density at radius 3 is 3.07 bits per heavy atom. The highest BCUT2D eigenvalue weighted by Gasteiger charge is 2.23. The van der Waals surface area contributed by atoms with Gasteiger partial charge in [0.25, 0.3) is 0 Å². The van der Waals surface area contributed by atoms with Crippen molar-refractivity contribution in [3.05, 3.63) is 23.3 Å². The molecule has 0 saturated heterocycles. The van der Waals surface area contributed by atoms with Gasteiger partial charge in [0.1, 0.15) is 23.1 Å². The molecule has 0 radical (unpaired) electrons. The van der Waals surface area contributed by atoms with E-state index in [2.05, 4.69) is 0 Å². The van der Waals surface area contributed by atoms with Crippen molar-refractivity contribution in [1.29, 1.82) is 5.26 Å². The van der Waals surface area contributed by atoms with Crippen LogP contribution in [-0.2, 0) is 0 Å². The summed E-state index contributed by atoms with van der Waals surface area (Å²) in [6.45, 7) is 0.559. The molecule has 4 heteroatoms. The number of aromatic hydroxyl groups is 1. The molecule has 0 amide bonds. The Balaban J connectivity index is 2.65. The lowest BCUT2D eigenvalue weighted by atomic mass is 9.96. The van der Waals surface area contributed by atoms with Crippen LogP contribution in [0, 0.1) is 11.3 Å². The molecule has 0 aliphatic carbocycles. The van der Waals surface area contributed by atoms with Crippen molar-refractivity contribution in [2.45, 2.75) is 12.5 Å². The zero-order valence-corrected chi connectivity index (χ0v) is 7.53. The summed E-state index contributed by atoms with van der Waals surface area (Å²) in [5.41, 5.74) is 6.70. The maximum absolute atomic E-state index is 9.45. The van der Waals surface area contributed by atoms with E-state index < -0.39 is 0 Å². The number of hydrogen-bond acceptors (Lipinski definition) is 4. The van der Waals surface area contributed by atoms with Crippen LogP contribution in [0.3, 0.4) is 0 Å². The molecule has 0 saturated carbocycles. The fraction of sp³-hybridized carbons (Fsp3) is 0.300. The van der Waals surface area contributed by atoms with Crippen LogP contribution in [0.2, 0.25) is 0 Å². The molecule has 3 N–H and O–H groups in total. The van der Waals surface area contributed by atoms with E-state index in [1.54, 1.807) is 6.07 Å². The summed E-state index contributed by atoms with van der Waals surface area (Å²) in [6.07, 6.45) is 0.672. The van der Waals surface area contributed by atoms with Crippen molar-refractivity contribution in [3.63, 3.8) is 0 Å². The molecule has 72 valence electrons. The molecule has 1 aliphatic heterocycles. The quantitative estimate of drug-likeness (QED) is 0.640. The van der Waals surface area contributed by atoms with Crippen molar-refractivity contribution in [3.8, 4) is 17.6 Å². The number of ether oxygens (including phenoxy) is 1. The highest BCUT2D eigenvalue weighted by molar-refractivity contribution is 5.56. The SMILES string of the molecule is N#Cc1c(O)ccc2c1C(N)CCO2. The lowest BCUT2D eigenvalue weighted by Gasteiger charge is -2.23. The summed E-state index contributed by atoms with van der Waals surface area (Å²) in [4.78, 5) is 0. The molecule has 1 heterocycles. The van der Waals surface area contributed by atoms with E-state index in [1.165, 1.54) is 6.07 Å². The fourth-order valence-electron chi connectivity index (χ4n) is 1.64. The molecule has 0 fully saturated rings. The Morgan fingerprint density at radius 1 is 1.57 bits per heavy atom. The molecule has 0 bridgehead atoms. The average molecular weight is 190 g/mol. The number of benzene rings is 1. The third kappa shape index (κ3) is 1.19. The van der Waals surface area contributed by atoms with Gasteiger partial charge in [-0.25, -0.2) is 0 Å². The largest absolute Gasteiger partial charge is 0.507 e. The fourth-order valence-corrected chi connectivity index (χ4v) is 1.64. The molecule has 14 heavy (non-hydrogen) atoms. The van der Waals surface area contributed by atoms with Crippen molar-refractivity contribution >= 4 is 0 Å². The molecule has 1 aromatic carbocycles. The van der Waals surface area contributed by atoms with Crippen LogP contribution < -0.4 is 10.5 Å². The maximum Gasteiger partial charge on any atom is 0.133 e. The summed E-state index contributed by atoms with van der Waals surface area (Å²) in [6, 6.07) is 4.82. The van der Waals surface area contributed by atoms with Crippen LogP contribution >= 0.6 is 0 Å². The Labute approximate surface area is 81.5 Å². The minimum atomic E-state index is -0.222. The van der Waals surface area contributed by atoms with E-state index >= 15 is 0 Å². The summed E-state index contributed by atoms with van der Waals surface area (Å²) < 4.78 is 5.35. The second kappa shape index (κ2) is 3.20. The number of phenolic OH excluding ortho intramolecular Hbond substituents is 1. The maximum atomic E-state index is 9.45. The van der Waals surface area contributed by atoms with Crippen molar-refractivity contribution in [1.82, 2.24) is 0 Å². The number of rotatable bonds is 0. The molecule has 1 unspecified atom stereocenters. The van der Waals surface area contributed by atoms with E-state index in [-0.39, 0.29) is 17.4 Å². The van der Waals surface area contributed by atoms with Gasteiger partial charge in [0.15, 0.2) is 0 Å². The summed E-state index contributed by atoms with van der Waals surface area (Å²) in [7, 11) is 0. The first-order chi connectivity index (χ1) is 6.74. The molecule has 2 rings (SSSR count). The number of fused-ring (bicyclic) bond motifs is 1. The van der Waals surface area contributed by atoms with Gasteiger partial charge >= 0.3 is 0 Å². The lowest BCUT2D eigenvalue weighted by molar-refractivity contribution is 0.267. The Bertz CT molecular complexity index is 409. The van der Waals surface area contributed by atoms with E-state index in [9.17, 15) is 5.11 Å². The lowest BCUT2D eigenvalue weighted by Crippen LogP contribution is -2.21. The minimum absolute atomic E-state index is 0.0350. The first-order valence-corrected chi connectivity index (χ1v) is 4.38. The molecule has 1 atom stereocenters. The van der Waals surface area contributed by atoms with Crippen LogP contribution in [0.25, 0.3) is 0 Å². The third-order valence-corrected chi connectivity index (χ3v) is 2.35. The van der Waals surface area contributed by atoms with Crippen molar-refractivity contribution in [2.75, 3.05) is 6.61 Å². The van der Waals surface area contributed by atoms with E-state index in [0.717, 1.165) is 0 Å². The topological polar surface area (TPSA) is 79.3 Å². The van der Waals surface area contributed by atoms with Gasteiger partial charge in [-0.2, -0.15) is 5.26 Å². The number of nitriles is 1. The smallest absolute Gasteiger partial charge is 0.133 e. The van der Waals surface area contributed by atoms with Gasteiger partial charge < -0.3 is 15.6 Å². The zero-order chi connectivity index (χ0) is 10.1. The molecule has 0 spiro atoms. The van der Waals surface area contributed by atoms with Gasteiger partial charge in [0.2, 0.25) is 0 Å². The number of nitrogens with two attached hydrogens (primary N) is 1. The minimum Gasteiger partial charge on any atom is -0.507 e. The first kappa shape index (κ1) is 8.85. The van der Waals surface area contributed by atoms with E-state index in [4.69, 9.17) is 15.7 Å². The average Bonchev–Trinajstić information content (AvgIpc) is 2.19. The monoisotopic (exact) mass is 190 g/mol. The van der Waals surface area contributed by atoms with Crippen LogP contribution in [-0.4, -0.2) is 11.7 Å². The summed E-state index contributed by atoms with van der Waals surface area (Å²) >= 11 is 0. The van der Waals surface area contributed by atoms with Crippen molar-refractivity contribution < 1.29 is 9.84 Å². The standard InChI is InChI=1S/C10H10N2O2/c11-5-6-8(13)1-2-9-10(6)7(12)3-4-14-9/h1-2,7,13H,3-4,12H2. The highest BCUT2D eigenvalue weighted by Crippen LogP contribution is 2.36. The molecular weight excluding hydrogens is 180 g/mol. The van der Waals surface area contributed by atoms with Crippen LogP contribution in [0.15, 0.2) is 12.1 Å². The number of hydrogen-bond donors (Lipinski definition) is 2. The van der Waals surface area contributed by atoms with E-state index in [0.29, 0.717) is 24.3 Å². The summed E-state index contributed by atoms with van der Waals surface area (Å²) in [5, 5.41) is 18.3. The normalized spacial score (nSPS) is 19.3. The van der Waals surface area contributed by atoms with Gasteiger partial charge in [0.05, 0.1) is 6.61 Å². The molecule has 0 aromatic heterocycles. The van der Waals surface area contributed by atoms with Gasteiger partial charge in [0, 0.05) is 18.0 Å². The molecule has 4 nitrogen and oxygen atoms in total. The Morgan fingerprint density at radius 2 is 2.36 bits per heavy atom. The molecule has 1 aliphatic rings. The second-order valence-electron chi connectivity index (χ2n) is 3.23. The van der Waals surface area contributed by atoms with Gasteiger partial charge in [-0.15, -0.1) is 0 Å². The number of phenols is 1. The Hall–Kier alpha value is -1.73. The predicted octanol–water partition coefficient (Wildman–Crippen LogP) is 1.05. The van der Waals surface area contributed by atoms with Gasteiger partial charge in [-0.1, -0.05) is 0 Å². The third-order valence-electron chi connectivity index (χ3n) is 2.35.